The number of hydrogen-bond donors (Lipinski definition) is 0. The molecule has 1 aliphatic rings. The molecule has 126 valence electrons. The van der Waals surface area contributed by atoms with Crippen LogP contribution in [0.15, 0.2) is 42.7 Å². The summed E-state index contributed by atoms with van der Waals surface area (Å²) in [6.45, 7) is 1.20. The minimum absolute atomic E-state index is 0.0311. The highest BCUT2D eigenvalue weighted by Crippen LogP contribution is 2.28. The molecule has 0 atom stereocenters. The number of hydrogen-bond acceptors (Lipinski definition) is 5. The Kier molecular flexibility index (Phi) is 4.84. The molecular formula is C18H20N2O4. The predicted molar refractivity (Wildman–Crippen MR) is 88.5 cm³/mol. The molecule has 1 aromatic heterocycles. The van der Waals surface area contributed by atoms with Crippen LogP contribution >= 0.6 is 0 Å². The van der Waals surface area contributed by atoms with Gasteiger partial charge in [0.1, 0.15) is 11.9 Å². The van der Waals surface area contributed by atoms with Crippen molar-refractivity contribution in [2.45, 2.75) is 12.5 Å². The van der Waals surface area contributed by atoms with E-state index in [1.165, 1.54) is 0 Å². The molecule has 2 heterocycles. The second kappa shape index (κ2) is 7.21. The number of nitrogens with zero attached hydrogens (tertiary/aromatic N) is 2. The van der Waals surface area contributed by atoms with Gasteiger partial charge in [-0.25, -0.2) is 0 Å². The van der Waals surface area contributed by atoms with Crippen LogP contribution in [0.1, 0.15) is 5.56 Å². The topological polar surface area (TPSA) is 60.9 Å². The van der Waals surface area contributed by atoms with Crippen molar-refractivity contribution in [3.8, 4) is 17.2 Å². The number of ether oxygens (including phenoxy) is 3. The quantitative estimate of drug-likeness (QED) is 0.811. The van der Waals surface area contributed by atoms with E-state index in [9.17, 15) is 4.79 Å². The number of rotatable bonds is 6. The third kappa shape index (κ3) is 3.59. The van der Waals surface area contributed by atoms with Crippen LogP contribution in [0.4, 0.5) is 0 Å². The van der Waals surface area contributed by atoms with Gasteiger partial charge in [-0.15, -0.1) is 0 Å². The summed E-state index contributed by atoms with van der Waals surface area (Å²) < 4.78 is 16.2. The molecule has 0 radical (unpaired) electrons. The summed E-state index contributed by atoms with van der Waals surface area (Å²) in [5.41, 5.74) is 0.897. The van der Waals surface area contributed by atoms with Crippen molar-refractivity contribution in [3.63, 3.8) is 0 Å². The first-order valence-corrected chi connectivity index (χ1v) is 7.75. The molecule has 1 amide bonds. The van der Waals surface area contributed by atoms with E-state index in [2.05, 4.69) is 4.98 Å². The van der Waals surface area contributed by atoms with Gasteiger partial charge in [0.05, 0.1) is 39.9 Å². The largest absolute Gasteiger partial charge is 0.493 e. The van der Waals surface area contributed by atoms with E-state index < -0.39 is 0 Å². The van der Waals surface area contributed by atoms with Gasteiger partial charge in [0, 0.05) is 6.20 Å². The number of benzene rings is 1. The molecule has 6 nitrogen and oxygen atoms in total. The van der Waals surface area contributed by atoms with Gasteiger partial charge in [0.25, 0.3) is 0 Å². The van der Waals surface area contributed by atoms with Crippen molar-refractivity contribution in [2.24, 2.45) is 0 Å². The number of methoxy groups -OCH3 is 2. The van der Waals surface area contributed by atoms with Gasteiger partial charge in [-0.3, -0.25) is 9.78 Å². The van der Waals surface area contributed by atoms with Crippen molar-refractivity contribution >= 4 is 5.91 Å². The smallest absolute Gasteiger partial charge is 0.227 e. The van der Waals surface area contributed by atoms with Gasteiger partial charge in [-0.2, -0.15) is 0 Å². The fourth-order valence-electron chi connectivity index (χ4n) is 2.60. The maximum absolute atomic E-state index is 12.3. The van der Waals surface area contributed by atoms with E-state index in [4.69, 9.17) is 14.2 Å². The number of amides is 1. The van der Waals surface area contributed by atoms with Crippen LogP contribution in [0, 0.1) is 0 Å². The molecule has 1 aliphatic heterocycles. The average molecular weight is 328 g/mol. The second-order valence-electron chi connectivity index (χ2n) is 5.59. The maximum atomic E-state index is 12.3. The van der Waals surface area contributed by atoms with Gasteiger partial charge in [0.2, 0.25) is 5.91 Å². The highest BCUT2D eigenvalue weighted by molar-refractivity contribution is 5.80. The Balaban J connectivity index is 1.52. The van der Waals surface area contributed by atoms with Crippen molar-refractivity contribution in [2.75, 3.05) is 27.3 Å². The lowest BCUT2D eigenvalue weighted by Gasteiger charge is -2.39. The zero-order chi connectivity index (χ0) is 16.9. The molecule has 0 unspecified atom stereocenters. The number of likely N-dealkylation sites (tertiary alicyclic amines) is 1. The summed E-state index contributed by atoms with van der Waals surface area (Å²) in [6, 6.07) is 9.21. The van der Waals surface area contributed by atoms with Crippen LogP contribution in [-0.4, -0.2) is 49.2 Å². The molecule has 1 saturated heterocycles. The van der Waals surface area contributed by atoms with Crippen molar-refractivity contribution in [1.29, 1.82) is 0 Å². The number of carbonyl (C=O) groups excluding carboxylic acids is 1. The van der Waals surface area contributed by atoms with Gasteiger partial charge >= 0.3 is 0 Å². The molecule has 0 saturated carbocycles. The summed E-state index contributed by atoms with van der Waals surface area (Å²) in [6.07, 6.45) is 3.74. The first kappa shape index (κ1) is 16.1. The lowest BCUT2D eigenvalue weighted by molar-refractivity contribution is -0.139. The van der Waals surface area contributed by atoms with E-state index in [0.29, 0.717) is 31.0 Å². The zero-order valence-electron chi connectivity index (χ0n) is 13.8. The first-order chi connectivity index (χ1) is 11.7. The third-order valence-electron chi connectivity index (χ3n) is 3.94. The Bertz CT molecular complexity index is 699. The standard InChI is InChI=1S/C18H20N2O4/c1-22-16-6-5-13(8-17(16)23-2)9-18(21)20-11-15(12-20)24-14-4-3-7-19-10-14/h3-8,10,15H,9,11-12H2,1-2H3. The normalized spacial score (nSPS) is 14.0. The third-order valence-corrected chi connectivity index (χ3v) is 3.94. The van der Waals surface area contributed by atoms with E-state index in [1.807, 2.05) is 30.3 Å². The number of carbonyl (C=O) groups is 1. The summed E-state index contributed by atoms with van der Waals surface area (Å²) in [7, 11) is 3.17. The number of aromatic nitrogens is 1. The van der Waals surface area contributed by atoms with Crippen LogP contribution in [0.2, 0.25) is 0 Å². The van der Waals surface area contributed by atoms with Gasteiger partial charge in [-0.1, -0.05) is 6.07 Å². The molecule has 6 heteroatoms. The molecule has 2 aromatic rings. The second-order valence-corrected chi connectivity index (χ2v) is 5.59. The predicted octanol–water partition coefficient (Wildman–Crippen LogP) is 1.93. The molecule has 1 aromatic carbocycles. The van der Waals surface area contributed by atoms with Crippen molar-refractivity contribution < 1.29 is 19.0 Å². The van der Waals surface area contributed by atoms with Crippen LogP contribution in [-0.2, 0) is 11.2 Å². The Labute approximate surface area is 141 Å². The SMILES string of the molecule is COc1ccc(CC(=O)N2CC(Oc3cccnc3)C2)cc1OC. The molecule has 0 N–H and O–H groups in total. The Hall–Kier alpha value is -2.76. The Morgan fingerprint density at radius 1 is 1.21 bits per heavy atom. The Morgan fingerprint density at radius 3 is 2.67 bits per heavy atom. The van der Waals surface area contributed by atoms with Crippen LogP contribution in [0.25, 0.3) is 0 Å². The van der Waals surface area contributed by atoms with Crippen LogP contribution in [0.3, 0.4) is 0 Å². The molecule has 3 rings (SSSR count). The molecular weight excluding hydrogens is 308 g/mol. The van der Waals surface area contributed by atoms with Crippen LogP contribution < -0.4 is 14.2 Å². The molecule has 1 fully saturated rings. The van der Waals surface area contributed by atoms with Gasteiger partial charge < -0.3 is 19.1 Å². The van der Waals surface area contributed by atoms with E-state index in [1.54, 1.807) is 31.5 Å². The summed E-state index contributed by atoms with van der Waals surface area (Å²) >= 11 is 0. The average Bonchev–Trinajstić information content (AvgIpc) is 2.58. The highest BCUT2D eigenvalue weighted by atomic mass is 16.5. The number of pyridine rings is 1. The monoisotopic (exact) mass is 328 g/mol. The lowest BCUT2D eigenvalue weighted by Crippen LogP contribution is -2.56. The summed E-state index contributed by atoms with van der Waals surface area (Å²) in [5, 5.41) is 0. The molecule has 0 spiro atoms. The summed E-state index contributed by atoms with van der Waals surface area (Å²) in [5.74, 6) is 2.09. The highest BCUT2D eigenvalue weighted by Gasteiger charge is 2.32. The molecule has 0 aliphatic carbocycles. The minimum Gasteiger partial charge on any atom is -0.493 e. The minimum atomic E-state index is 0.0311. The van der Waals surface area contributed by atoms with Crippen LogP contribution in [0.5, 0.6) is 17.2 Å². The van der Waals surface area contributed by atoms with Crippen molar-refractivity contribution in [3.05, 3.63) is 48.3 Å². The van der Waals surface area contributed by atoms with Gasteiger partial charge in [-0.05, 0) is 29.8 Å². The lowest BCUT2D eigenvalue weighted by atomic mass is 10.1. The van der Waals surface area contributed by atoms with Gasteiger partial charge in [0.15, 0.2) is 11.5 Å². The van der Waals surface area contributed by atoms with E-state index in [0.717, 1.165) is 11.3 Å². The fraction of sp³-hybridized carbons (Fsp3) is 0.333. The molecule has 0 bridgehead atoms. The maximum Gasteiger partial charge on any atom is 0.227 e. The fourth-order valence-corrected chi connectivity index (χ4v) is 2.60. The zero-order valence-corrected chi connectivity index (χ0v) is 13.8. The molecule has 24 heavy (non-hydrogen) atoms. The van der Waals surface area contributed by atoms with E-state index >= 15 is 0 Å². The van der Waals surface area contributed by atoms with Crippen molar-refractivity contribution in [1.82, 2.24) is 9.88 Å². The first-order valence-electron chi connectivity index (χ1n) is 7.75. The Morgan fingerprint density at radius 2 is 2.00 bits per heavy atom. The van der Waals surface area contributed by atoms with E-state index in [-0.39, 0.29) is 12.0 Å². The summed E-state index contributed by atoms with van der Waals surface area (Å²) in [4.78, 5) is 18.1.